The van der Waals surface area contributed by atoms with Crippen LogP contribution in [0.4, 0.5) is 5.69 Å². The summed E-state index contributed by atoms with van der Waals surface area (Å²) < 4.78 is 2.32. The van der Waals surface area contributed by atoms with Crippen molar-refractivity contribution in [1.82, 2.24) is 0 Å². The number of anilines is 1. The topological polar surface area (TPSA) is 12.0 Å². The normalized spacial score (nSPS) is 12.5. The number of rotatable bonds is 3. The summed E-state index contributed by atoms with van der Waals surface area (Å²) >= 11 is 8.77. The first kappa shape index (κ1) is 13.1. The van der Waals surface area contributed by atoms with Crippen molar-refractivity contribution in [2.75, 3.05) is 5.32 Å². The Morgan fingerprint density at radius 3 is 2.53 bits per heavy atom. The summed E-state index contributed by atoms with van der Waals surface area (Å²) in [6.07, 6.45) is 0. The van der Waals surface area contributed by atoms with Crippen LogP contribution in [-0.2, 0) is 0 Å². The van der Waals surface area contributed by atoms with Crippen molar-refractivity contribution < 1.29 is 0 Å². The lowest BCUT2D eigenvalue weighted by atomic mass is 10.2. The molecule has 90 valence electrons. The first-order valence-corrected chi connectivity index (χ1v) is 7.74. The summed E-state index contributed by atoms with van der Waals surface area (Å²) in [5.74, 6) is 0. The summed E-state index contributed by atoms with van der Waals surface area (Å²) in [5.41, 5.74) is 2.40. The molecule has 0 bridgehead atoms. The third-order valence-corrected chi connectivity index (χ3v) is 5.26. The van der Waals surface area contributed by atoms with Crippen LogP contribution in [0, 0.1) is 6.92 Å². The second-order valence-corrected chi connectivity index (χ2v) is 7.32. The maximum atomic E-state index is 3.51. The van der Waals surface area contributed by atoms with Crippen LogP contribution in [0.15, 0.2) is 38.6 Å². The van der Waals surface area contributed by atoms with E-state index in [1.807, 2.05) is 0 Å². The molecule has 1 aromatic heterocycles. The molecule has 2 rings (SSSR count). The van der Waals surface area contributed by atoms with Gasteiger partial charge in [-0.3, -0.25) is 0 Å². The molecule has 1 N–H and O–H groups in total. The molecule has 0 saturated heterocycles. The van der Waals surface area contributed by atoms with Gasteiger partial charge >= 0.3 is 0 Å². The molecule has 1 atom stereocenters. The fourth-order valence-corrected chi connectivity index (χ4v) is 3.29. The van der Waals surface area contributed by atoms with Gasteiger partial charge in [0.1, 0.15) is 0 Å². The average Bonchev–Trinajstić information content (AvgIpc) is 2.70. The summed E-state index contributed by atoms with van der Waals surface area (Å²) in [7, 11) is 0. The highest BCUT2D eigenvalue weighted by atomic mass is 79.9. The Kier molecular flexibility index (Phi) is 4.28. The van der Waals surface area contributed by atoms with Crippen LogP contribution in [0.3, 0.4) is 0 Å². The van der Waals surface area contributed by atoms with Gasteiger partial charge in [0.05, 0.1) is 9.83 Å². The van der Waals surface area contributed by atoms with E-state index in [9.17, 15) is 0 Å². The lowest BCUT2D eigenvalue weighted by Gasteiger charge is -2.14. The van der Waals surface area contributed by atoms with E-state index in [-0.39, 0.29) is 0 Å². The quantitative estimate of drug-likeness (QED) is 0.720. The summed E-state index contributed by atoms with van der Waals surface area (Å²) in [5, 5.41) is 3.51. The molecule has 17 heavy (non-hydrogen) atoms. The molecule has 0 aliphatic carbocycles. The Morgan fingerprint density at radius 2 is 1.94 bits per heavy atom. The van der Waals surface area contributed by atoms with Crippen molar-refractivity contribution in [1.29, 1.82) is 0 Å². The minimum absolute atomic E-state index is 0.326. The van der Waals surface area contributed by atoms with Gasteiger partial charge in [-0.05, 0) is 65.7 Å². The van der Waals surface area contributed by atoms with Crippen molar-refractivity contribution in [3.8, 4) is 0 Å². The molecule has 2 aromatic rings. The van der Waals surface area contributed by atoms with E-state index in [4.69, 9.17) is 0 Å². The van der Waals surface area contributed by atoms with E-state index in [1.165, 1.54) is 14.2 Å². The Balaban J connectivity index is 2.12. The van der Waals surface area contributed by atoms with E-state index in [2.05, 4.69) is 81.4 Å². The van der Waals surface area contributed by atoms with E-state index < -0.39 is 0 Å². The SMILES string of the molecule is Cc1cc(NC(C)c2ccc(Br)s2)ccc1Br. The van der Waals surface area contributed by atoms with Gasteiger partial charge in [0.2, 0.25) is 0 Å². The highest BCUT2D eigenvalue weighted by Gasteiger charge is 2.08. The molecule has 0 aliphatic heterocycles. The third kappa shape index (κ3) is 3.33. The first-order chi connectivity index (χ1) is 8.06. The molecule has 1 aromatic carbocycles. The monoisotopic (exact) mass is 373 g/mol. The summed E-state index contributed by atoms with van der Waals surface area (Å²) in [6.45, 7) is 4.28. The molecular weight excluding hydrogens is 362 g/mol. The van der Waals surface area contributed by atoms with Gasteiger partial charge in [-0.2, -0.15) is 0 Å². The Bertz CT molecular complexity index is 522. The molecule has 0 spiro atoms. The second-order valence-electron chi connectivity index (χ2n) is 3.97. The first-order valence-electron chi connectivity index (χ1n) is 5.34. The van der Waals surface area contributed by atoms with E-state index in [1.54, 1.807) is 11.3 Å². The maximum Gasteiger partial charge on any atom is 0.0702 e. The molecule has 1 unspecified atom stereocenters. The highest BCUT2D eigenvalue weighted by molar-refractivity contribution is 9.11. The Morgan fingerprint density at radius 1 is 1.18 bits per heavy atom. The van der Waals surface area contributed by atoms with Crippen molar-refractivity contribution in [2.45, 2.75) is 19.9 Å². The highest BCUT2D eigenvalue weighted by Crippen LogP contribution is 2.30. The fraction of sp³-hybridized carbons (Fsp3) is 0.231. The summed E-state index contributed by atoms with van der Waals surface area (Å²) in [6, 6.07) is 10.9. The fourth-order valence-electron chi connectivity index (χ4n) is 1.62. The minimum atomic E-state index is 0.326. The molecular formula is C13H13Br2NS. The van der Waals surface area contributed by atoms with Gasteiger partial charge in [0.25, 0.3) is 0 Å². The van der Waals surface area contributed by atoms with Crippen LogP contribution >= 0.6 is 43.2 Å². The smallest absolute Gasteiger partial charge is 0.0702 e. The number of aryl methyl sites for hydroxylation is 1. The zero-order chi connectivity index (χ0) is 12.4. The molecule has 1 nitrogen and oxygen atoms in total. The number of halogens is 2. The van der Waals surface area contributed by atoms with Gasteiger partial charge in [-0.1, -0.05) is 15.9 Å². The number of nitrogens with one attached hydrogen (secondary N) is 1. The number of hydrogen-bond donors (Lipinski definition) is 1. The molecule has 0 amide bonds. The molecule has 0 radical (unpaired) electrons. The van der Waals surface area contributed by atoms with Gasteiger partial charge in [0.15, 0.2) is 0 Å². The average molecular weight is 375 g/mol. The lowest BCUT2D eigenvalue weighted by molar-refractivity contribution is 0.907. The molecule has 0 aliphatic rings. The van der Waals surface area contributed by atoms with Crippen LogP contribution in [0.1, 0.15) is 23.4 Å². The Hall–Kier alpha value is -0.320. The molecule has 4 heteroatoms. The lowest BCUT2D eigenvalue weighted by Crippen LogP contribution is -2.04. The number of hydrogen-bond acceptors (Lipinski definition) is 2. The predicted molar refractivity (Wildman–Crippen MR) is 82.9 cm³/mol. The van der Waals surface area contributed by atoms with Crippen molar-refractivity contribution in [3.63, 3.8) is 0 Å². The van der Waals surface area contributed by atoms with Crippen molar-refractivity contribution in [2.24, 2.45) is 0 Å². The largest absolute Gasteiger partial charge is 0.378 e. The van der Waals surface area contributed by atoms with Crippen molar-refractivity contribution in [3.05, 3.63) is 49.0 Å². The van der Waals surface area contributed by atoms with Crippen molar-refractivity contribution >= 4 is 48.9 Å². The van der Waals surface area contributed by atoms with E-state index >= 15 is 0 Å². The predicted octanol–water partition coefficient (Wildman–Crippen LogP) is 5.75. The minimum Gasteiger partial charge on any atom is -0.378 e. The molecule has 1 heterocycles. The summed E-state index contributed by atoms with van der Waals surface area (Å²) in [4.78, 5) is 1.33. The van der Waals surface area contributed by atoms with Gasteiger partial charge in [-0.15, -0.1) is 11.3 Å². The standard InChI is InChI=1S/C13H13Br2NS/c1-8-7-10(3-4-11(8)14)16-9(2)12-5-6-13(15)17-12/h3-7,9,16H,1-2H3. The van der Waals surface area contributed by atoms with Crippen LogP contribution in [0.2, 0.25) is 0 Å². The zero-order valence-corrected chi connectivity index (χ0v) is 13.6. The van der Waals surface area contributed by atoms with E-state index in [0.29, 0.717) is 6.04 Å². The zero-order valence-electron chi connectivity index (χ0n) is 9.63. The molecule has 0 saturated carbocycles. The second kappa shape index (κ2) is 5.55. The van der Waals surface area contributed by atoms with Gasteiger partial charge in [-0.25, -0.2) is 0 Å². The van der Waals surface area contributed by atoms with Crippen LogP contribution in [0.25, 0.3) is 0 Å². The van der Waals surface area contributed by atoms with Crippen LogP contribution < -0.4 is 5.32 Å². The van der Waals surface area contributed by atoms with Crippen LogP contribution in [-0.4, -0.2) is 0 Å². The van der Waals surface area contributed by atoms with E-state index in [0.717, 1.165) is 10.2 Å². The third-order valence-electron chi connectivity index (χ3n) is 2.56. The van der Waals surface area contributed by atoms with Crippen LogP contribution in [0.5, 0.6) is 0 Å². The Labute approximate surface area is 123 Å². The van der Waals surface area contributed by atoms with Gasteiger partial charge < -0.3 is 5.32 Å². The number of benzene rings is 1. The van der Waals surface area contributed by atoms with Gasteiger partial charge in [0, 0.05) is 15.0 Å². The number of thiophene rings is 1. The maximum absolute atomic E-state index is 3.51. The molecule has 0 fully saturated rings.